The third-order valence-corrected chi connectivity index (χ3v) is 4.83. The largest absolute Gasteiger partial charge is 0.497 e. The number of para-hydroxylation sites is 1. The summed E-state index contributed by atoms with van der Waals surface area (Å²) >= 11 is 1.32. The molecule has 3 rings (SSSR count). The van der Waals surface area contributed by atoms with Gasteiger partial charge in [0.15, 0.2) is 0 Å². The third kappa shape index (κ3) is 4.40. The highest BCUT2D eigenvalue weighted by Gasteiger charge is 2.17. The number of rotatable bonds is 7. The van der Waals surface area contributed by atoms with E-state index in [1.165, 1.54) is 11.3 Å². The van der Waals surface area contributed by atoms with Crippen molar-refractivity contribution < 1.29 is 19.0 Å². The molecule has 0 fully saturated rings. The molecular formula is C20H19NO4S. The Labute approximate surface area is 156 Å². The number of ether oxygens (including phenoxy) is 3. The number of thiazole rings is 1. The summed E-state index contributed by atoms with van der Waals surface area (Å²) in [6.45, 7) is 2.29. The first-order valence-corrected chi connectivity index (χ1v) is 8.96. The molecule has 0 bridgehead atoms. The fourth-order valence-electron chi connectivity index (χ4n) is 2.32. The molecule has 0 atom stereocenters. The average molecular weight is 369 g/mol. The van der Waals surface area contributed by atoms with Crippen LogP contribution in [0.3, 0.4) is 0 Å². The highest BCUT2D eigenvalue weighted by molar-refractivity contribution is 7.17. The average Bonchev–Trinajstić information content (AvgIpc) is 3.08. The van der Waals surface area contributed by atoms with Crippen molar-refractivity contribution in [3.05, 3.63) is 65.2 Å². The van der Waals surface area contributed by atoms with E-state index in [4.69, 9.17) is 14.2 Å². The van der Waals surface area contributed by atoms with E-state index in [2.05, 4.69) is 4.98 Å². The fraction of sp³-hybridized carbons (Fsp3) is 0.200. The highest BCUT2D eigenvalue weighted by Crippen LogP contribution is 2.29. The Hall–Kier alpha value is -2.86. The van der Waals surface area contributed by atoms with Gasteiger partial charge in [-0.3, -0.25) is 0 Å². The molecule has 0 aliphatic heterocycles. The van der Waals surface area contributed by atoms with E-state index in [-0.39, 0.29) is 12.6 Å². The van der Waals surface area contributed by atoms with Crippen molar-refractivity contribution in [3.8, 4) is 22.1 Å². The molecule has 0 saturated carbocycles. The maximum absolute atomic E-state index is 12.3. The summed E-state index contributed by atoms with van der Waals surface area (Å²) in [5.41, 5.74) is 1.60. The summed E-state index contributed by atoms with van der Waals surface area (Å²) in [4.78, 5) is 17.3. The summed E-state index contributed by atoms with van der Waals surface area (Å²) in [5.74, 6) is 1.15. The smallest absolute Gasteiger partial charge is 0.350 e. The first-order chi connectivity index (χ1) is 12.7. The fourth-order valence-corrected chi connectivity index (χ4v) is 3.28. The zero-order chi connectivity index (χ0) is 18.4. The quantitative estimate of drug-likeness (QED) is 0.457. The van der Waals surface area contributed by atoms with Gasteiger partial charge in [-0.15, -0.1) is 11.3 Å². The van der Waals surface area contributed by atoms with Crippen LogP contribution < -0.4 is 9.47 Å². The molecule has 0 aliphatic rings. The van der Waals surface area contributed by atoms with Crippen LogP contribution in [0.15, 0.2) is 54.6 Å². The van der Waals surface area contributed by atoms with E-state index in [9.17, 15) is 4.79 Å². The van der Waals surface area contributed by atoms with Crippen LogP contribution in [0.2, 0.25) is 0 Å². The van der Waals surface area contributed by atoms with E-state index in [1.807, 2.05) is 54.6 Å². The van der Waals surface area contributed by atoms with Gasteiger partial charge < -0.3 is 14.2 Å². The van der Waals surface area contributed by atoms with E-state index in [0.717, 1.165) is 22.1 Å². The van der Waals surface area contributed by atoms with Gasteiger partial charge in [0.1, 0.15) is 34.6 Å². The first-order valence-electron chi connectivity index (χ1n) is 8.14. The van der Waals surface area contributed by atoms with E-state index in [0.29, 0.717) is 17.2 Å². The van der Waals surface area contributed by atoms with Crippen molar-refractivity contribution in [2.24, 2.45) is 0 Å². The molecule has 26 heavy (non-hydrogen) atoms. The lowest BCUT2D eigenvalue weighted by atomic mass is 10.2. The maximum atomic E-state index is 12.3. The molecule has 0 spiro atoms. The van der Waals surface area contributed by atoms with Crippen LogP contribution in [-0.4, -0.2) is 31.3 Å². The number of carbonyl (C=O) groups excluding carboxylic acids is 1. The van der Waals surface area contributed by atoms with Gasteiger partial charge in [0.05, 0.1) is 12.8 Å². The summed E-state index contributed by atoms with van der Waals surface area (Å²) in [7, 11) is 1.62. The van der Waals surface area contributed by atoms with Crippen LogP contribution >= 0.6 is 11.3 Å². The highest BCUT2D eigenvalue weighted by atomic mass is 32.1. The van der Waals surface area contributed by atoms with Gasteiger partial charge in [0, 0.05) is 5.56 Å². The minimum Gasteiger partial charge on any atom is -0.497 e. The van der Waals surface area contributed by atoms with Crippen molar-refractivity contribution >= 4 is 17.3 Å². The van der Waals surface area contributed by atoms with Gasteiger partial charge in [-0.2, -0.15) is 0 Å². The molecule has 0 aliphatic carbocycles. The Morgan fingerprint density at radius 2 is 1.73 bits per heavy atom. The molecule has 5 nitrogen and oxygen atoms in total. The lowest BCUT2D eigenvalue weighted by Gasteiger charge is -2.06. The van der Waals surface area contributed by atoms with Crippen LogP contribution in [0.25, 0.3) is 10.6 Å². The molecule has 0 saturated heterocycles. The molecule has 0 unspecified atom stereocenters. The first kappa shape index (κ1) is 17.9. The number of methoxy groups -OCH3 is 1. The Balaban J connectivity index is 1.58. The zero-order valence-corrected chi connectivity index (χ0v) is 15.4. The van der Waals surface area contributed by atoms with Crippen LogP contribution in [-0.2, 0) is 4.74 Å². The SMILES string of the molecule is COc1ccc(-c2nc(C)c(C(=O)OCCOc3ccccc3)s2)cc1. The van der Waals surface area contributed by atoms with E-state index in [1.54, 1.807) is 14.0 Å². The molecule has 3 aromatic rings. The van der Waals surface area contributed by atoms with Crippen molar-refractivity contribution in [1.82, 2.24) is 4.98 Å². The number of nitrogens with zero attached hydrogens (tertiary/aromatic N) is 1. The monoisotopic (exact) mass is 369 g/mol. The predicted molar refractivity (Wildman–Crippen MR) is 101 cm³/mol. The van der Waals surface area contributed by atoms with Crippen molar-refractivity contribution in [3.63, 3.8) is 0 Å². The Kier molecular flexibility index (Phi) is 5.86. The molecule has 0 amide bonds. The Morgan fingerprint density at radius 3 is 2.42 bits per heavy atom. The van der Waals surface area contributed by atoms with Crippen molar-refractivity contribution in [1.29, 1.82) is 0 Å². The van der Waals surface area contributed by atoms with Gasteiger partial charge in [0.25, 0.3) is 0 Å². The second kappa shape index (κ2) is 8.49. The van der Waals surface area contributed by atoms with Crippen LogP contribution in [0.5, 0.6) is 11.5 Å². The topological polar surface area (TPSA) is 57.7 Å². The number of esters is 1. The second-order valence-corrected chi connectivity index (χ2v) is 6.46. The lowest BCUT2D eigenvalue weighted by Crippen LogP contribution is -2.12. The number of carbonyl (C=O) groups is 1. The summed E-state index contributed by atoms with van der Waals surface area (Å²) in [6, 6.07) is 17.0. The molecule has 6 heteroatoms. The maximum Gasteiger partial charge on any atom is 0.350 e. The van der Waals surface area contributed by atoms with Gasteiger partial charge in [-0.25, -0.2) is 9.78 Å². The van der Waals surface area contributed by atoms with Gasteiger partial charge in [-0.1, -0.05) is 18.2 Å². The second-order valence-electron chi connectivity index (χ2n) is 5.46. The van der Waals surface area contributed by atoms with E-state index < -0.39 is 0 Å². The van der Waals surface area contributed by atoms with Crippen LogP contribution in [0.1, 0.15) is 15.4 Å². The van der Waals surface area contributed by atoms with Crippen LogP contribution in [0.4, 0.5) is 0 Å². The number of benzene rings is 2. The van der Waals surface area contributed by atoms with Crippen molar-refractivity contribution in [2.75, 3.05) is 20.3 Å². The third-order valence-electron chi connectivity index (χ3n) is 3.65. The predicted octanol–water partition coefficient (Wildman–Crippen LogP) is 4.36. The normalized spacial score (nSPS) is 10.4. The van der Waals surface area contributed by atoms with Crippen molar-refractivity contribution in [2.45, 2.75) is 6.92 Å². The molecular weight excluding hydrogens is 350 g/mol. The molecule has 1 heterocycles. The molecule has 134 valence electrons. The number of hydrogen-bond acceptors (Lipinski definition) is 6. The number of hydrogen-bond donors (Lipinski definition) is 0. The van der Waals surface area contributed by atoms with Crippen LogP contribution in [0, 0.1) is 6.92 Å². The molecule has 1 aromatic heterocycles. The molecule has 0 radical (unpaired) electrons. The Bertz CT molecular complexity index is 859. The summed E-state index contributed by atoms with van der Waals surface area (Å²) < 4.78 is 16.0. The molecule has 2 aromatic carbocycles. The zero-order valence-electron chi connectivity index (χ0n) is 14.6. The lowest BCUT2D eigenvalue weighted by molar-refractivity contribution is 0.0455. The standard InChI is InChI=1S/C20H19NO4S/c1-14-18(20(22)25-13-12-24-17-6-4-3-5-7-17)26-19(21-14)15-8-10-16(23-2)11-9-15/h3-11H,12-13H2,1-2H3. The van der Waals surface area contributed by atoms with E-state index >= 15 is 0 Å². The van der Waals surface area contributed by atoms with Gasteiger partial charge in [0.2, 0.25) is 0 Å². The van der Waals surface area contributed by atoms with Gasteiger partial charge >= 0.3 is 5.97 Å². The molecule has 0 N–H and O–H groups in total. The number of aryl methyl sites for hydroxylation is 1. The summed E-state index contributed by atoms with van der Waals surface area (Å²) in [5, 5.41) is 0.776. The van der Waals surface area contributed by atoms with Gasteiger partial charge in [-0.05, 0) is 43.3 Å². The minimum absolute atomic E-state index is 0.183. The number of aromatic nitrogens is 1. The minimum atomic E-state index is -0.378. The Morgan fingerprint density at radius 1 is 1.00 bits per heavy atom. The summed E-state index contributed by atoms with van der Waals surface area (Å²) in [6.07, 6.45) is 0.